The molecule has 10 heavy (non-hydrogen) atoms. The fraction of sp³-hybridized carbons (Fsp3) is 0.714. The number of hydrogen-bond acceptors (Lipinski definition) is 1. The van der Waals surface area contributed by atoms with Crippen LogP contribution in [0.2, 0.25) is 0 Å². The van der Waals surface area contributed by atoms with E-state index in [2.05, 4.69) is 43.0 Å². The van der Waals surface area contributed by atoms with Crippen LogP contribution in [0.3, 0.4) is 0 Å². The van der Waals surface area contributed by atoms with E-state index in [1.807, 2.05) is 0 Å². The Balaban J connectivity index is 2.33. The van der Waals surface area contributed by atoms with Crippen LogP contribution in [0.25, 0.3) is 0 Å². The number of nitrogens with zero attached hydrogens (tertiary/aromatic N) is 1. The summed E-state index contributed by atoms with van der Waals surface area (Å²) >= 11 is 6.69. The fourth-order valence-corrected chi connectivity index (χ4v) is 1.76. The molecule has 1 rings (SSSR count). The maximum atomic E-state index is 3.35. The number of hydrogen-bond donors (Lipinski definition) is 0. The summed E-state index contributed by atoms with van der Waals surface area (Å²) in [6, 6.07) is 0. The number of piperidine rings is 1. The third-order valence-corrected chi connectivity index (χ3v) is 2.08. The van der Waals surface area contributed by atoms with Gasteiger partial charge in [0.15, 0.2) is 0 Å². The molecule has 0 amide bonds. The molecule has 0 N–H and O–H groups in total. The fourth-order valence-electron chi connectivity index (χ4n) is 1.19. The van der Waals surface area contributed by atoms with Crippen LogP contribution in [0.4, 0.5) is 0 Å². The SMILES string of the molecule is BrC(Br)=CN1CCCCC1. The van der Waals surface area contributed by atoms with E-state index in [1.165, 1.54) is 32.4 Å². The lowest BCUT2D eigenvalue weighted by molar-refractivity contribution is 0.310. The standard InChI is InChI=1S/C7H11Br2N/c8-7(9)6-10-4-2-1-3-5-10/h6H,1-5H2. The molecule has 0 atom stereocenters. The Labute approximate surface area is 78.7 Å². The quantitative estimate of drug-likeness (QED) is 0.707. The molecule has 1 aliphatic rings. The molecule has 0 radical (unpaired) electrons. The smallest absolute Gasteiger partial charge is 0.0762 e. The van der Waals surface area contributed by atoms with Gasteiger partial charge in [0.2, 0.25) is 0 Å². The van der Waals surface area contributed by atoms with Crippen LogP contribution < -0.4 is 0 Å². The van der Waals surface area contributed by atoms with Gasteiger partial charge >= 0.3 is 0 Å². The van der Waals surface area contributed by atoms with Crippen LogP contribution >= 0.6 is 31.9 Å². The van der Waals surface area contributed by atoms with E-state index in [-0.39, 0.29) is 0 Å². The van der Waals surface area contributed by atoms with Crippen molar-refractivity contribution >= 4 is 31.9 Å². The Hall–Kier alpha value is 0.500. The van der Waals surface area contributed by atoms with Crippen LogP contribution in [0.15, 0.2) is 9.59 Å². The average Bonchev–Trinajstić information content (AvgIpc) is 1.88. The largest absolute Gasteiger partial charge is 0.376 e. The number of rotatable bonds is 1. The van der Waals surface area contributed by atoms with Crippen molar-refractivity contribution in [2.45, 2.75) is 19.3 Å². The van der Waals surface area contributed by atoms with Gasteiger partial charge in [-0.15, -0.1) is 0 Å². The third-order valence-electron chi connectivity index (χ3n) is 1.67. The molecule has 1 saturated heterocycles. The Morgan fingerprint density at radius 3 is 2.20 bits per heavy atom. The van der Waals surface area contributed by atoms with Gasteiger partial charge in [-0.2, -0.15) is 0 Å². The molecule has 0 saturated carbocycles. The van der Waals surface area contributed by atoms with Crippen molar-refractivity contribution in [1.82, 2.24) is 4.90 Å². The van der Waals surface area contributed by atoms with Crippen molar-refractivity contribution in [3.8, 4) is 0 Å². The minimum Gasteiger partial charge on any atom is -0.376 e. The summed E-state index contributed by atoms with van der Waals surface area (Å²) in [7, 11) is 0. The van der Waals surface area contributed by atoms with E-state index >= 15 is 0 Å². The topological polar surface area (TPSA) is 3.24 Å². The highest BCUT2D eigenvalue weighted by Gasteiger charge is 2.05. The average molecular weight is 269 g/mol. The Morgan fingerprint density at radius 1 is 1.10 bits per heavy atom. The summed E-state index contributed by atoms with van der Waals surface area (Å²) in [5.41, 5.74) is 0. The maximum Gasteiger partial charge on any atom is 0.0762 e. The second-order valence-corrected chi connectivity index (χ2v) is 5.29. The first-order valence-corrected chi connectivity index (χ1v) is 5.14. The molecule has 0 unspecified atom stereocenters. The first-order chi connectivity index (χ1) is 4.79. The van der Waals surface area contributed by atoms with E-state index < -0.39 is 0 Å². The van der Waals surface area contributed by atoms with Gasteiger partial charge in [-0.1, -0.05) is 0 Å². The van der Waals surface area contributed by atoms with Crippen molar-refractivity contribution in [3.05, 3.63) is 9.59 Å². The van der Waals surface area contributed by atoms with Crippen LogP contribution in [-0.2, 0) is 0 Å². The van der Waals surface area contributed by atoms with Crippen LogP contribution in [0.5, 0.6) is 0 Å². The van der Waals surface area contributed by atoms with Gasteiger partial charge in [0, 0.05) is 19.3 Å². The van der Waals surface area contributed by atoms with Crippen molar-refractivity contribution in [1.29, 1.82) is 0 Å². The molecular formula is C7H11Br2N. The highest BCUT2D eigenvalue weighted by molar-refractivity contribution is 9.28. The molecule has 3 heteroatoms. The van der Waals surface area contributed by atoms with Crippen molar-refractivity contribution < 1.29 is 0 Å². The lowest BCUT2D eigenvalue weighted by atomic mass is 10.1. The van der Waals surface area contributed by atoms with Crippen LogP contribution in [0.1, 0.15) is 19.3 Å². The zero-order valence-corrected chi connectivity index (χ0v) is 8.99. The summed E-state index contributed by atoms with van der Waals surface area (Å²) < 4.78 is 1.04. The summed E-state index contributed by atoms with van der Waals surface area (Å²) in [4.78, 5) is 2.34. The predicted octanol–water partition coefficient (Wildman–Crippen LogP) is 3.06. The van der Waals surface area contributed by atoms with E-state index in [1.54, 1.807) is 0 Å². The van der Waals surface area contributed by atoms with Gasteiger partial charge in [0.1, 0.15) is 0 Å². The first-order valence-electron chi connectivity index (χ1n) is 3.56. The summed E-state index contributed by atoms with van der Waals surface area (Å²) in [5, 5.41) is 0. The van der Waals surface area contributed by atoms with E-state index in [9.17, 15) is 0 Å². The predicted molar refractivity (Wildman–Crippen MR) is 51.4 cm³/mol. The van der Waals surface area contributed by atoms with Gasteiger partial charge in [-0.3, -0.25) is 0 Å². The summed E-state index contributed by atoms with van der Waals surface area (Å²) in [6.45, 7) is 2.42. The number of likely N-dealkylation sites (tertiary alicyclic amines) is 1. The molecule has 1 nitrogen and oxygen atoms in total. The molecule has 0 aromatic heterocycles. The van der Waals surface area contributed by atoms with Gasteiger partial charge in [-0.25, -0.2) is 0 Å². The van der Waals surface area contributed by atoms with Crippen molar-refractivity contribution in [3.63, 3.8) is 0 Å². The first kappa shape index (κ1) is 8.60. The molecule has 1 heterocycles. The lowest BCUT2D eigenvalue weighted by Crippen LogP contribution is -2.24. The van der Waals surface area contributed by atoms with E-state index in [0.717, 1.165) is 3.39 Å². The summed E-state index contributed by atoms with van der Waals surface area (Å²) in [5.74, 6) is 0. The lowest BCUT2D eigenvalue weighted by Gasteiger charge is -2.24. The van der Waals surface area contributed by atoms with Crippen LogP contribution in [0, 0.1) is 0 Å². The molecular weight excluding hydrogens is 258 g/mol. The molecule has 0 aliphatic carbocycles. The highest BCUT2D eigenvalue weighted by atomic mass is 79.9. The van der Waals surface area contributed by atoms with Gasteiger partial charge < -0.3 is 4.90 Å². The van der Waals surface area contributed by atoms with Gasteiger partial charge in [-0.05, 0) is 51.1 Å². The molecule has 1 fully saturated rings. The highest BCUT2D eigenvalue weighted by Crippen LogP contribution is 2.17. The zero-order valence-electron chi connectivity index (χ0n) is 5.82. The monoisotopic (exact) mass is 267 g/mol. The maximum absolute atomic E-state index is 3.35. The molecule has 0 bridgehead atoms. The van der Waals surface area contributed by atoms with Gasteiger partial charge in [0.25, 0.3) is 0 Å². The second kappa shape index (κ2) is 4.39. The zero-order chi connectivity index (χ0) is 7.40. The minimum atomic E-state index is 1.04. The molecule has 1 aliphatic heterocycles. The Bertz CT molecular complexity index is 124. The summed E-state index contributed by atoms with van der Waals surface area (Å²) in [6.07, 6.45) is 6.18. The Morgan fingerprint density at radius 2 is 1.70 bits per heavy atom. The molecule has 58 valence electrons. The Kier molecular flexibility index (Phi) is 3.78. The van der Waals surface area contributed by atoms with Crippen LogP contribution in [-0.4, -0.2) is 18.0 Å². The van der Waals surface area contributed by atoms with E-state index in [4.69, 9.17) is 0 Å². The second-order valence-electron chi connectivity index (χ2n) is 2.52. The normalized spacial score (nSPS) is 18.8. The molecule has 0 spiro atoms. The number of halogens is 2. The minimum absolute atomic E-state index is 1.04. The van der Waals surface area contributed by atoms with Gasteiger partial charge in [0.05, 0.1) is 3.39 Å². The molecule has 0 aromatic rings. The van der Waals surface area contributed by atoms with E-state index in [0.29, 0.717) is 0 Å². The molecule has 0 aromatic carbocycles. The third kappa shape index (κ3) is 3.06. The van der Waals surface area contributed by atoms with Crippen molar-refractivity contribution in [2.75, 3.05) is 13.1 Å². The van der Waals surface area contributed by atoms with Crippen molar-refractivity contribution in [2.24, 2.45) is 0 Å².